The molecule has 0 spiro atoms. The second kappa shape index (κ2) is 4.87. The zero-order valence-electron chi connectivity index (χ0n) is 9.55. The SMILES string of the molecule is Nc1ccc(-c2c(F)c(F)c(F)c(F)c2F)c(C=O)n1. The summed E-state index contributed by atoms with van der Waals surface area (Å²) in [5.41, 5.74) is 2.98. The van der Waals surface area contributed by atoms with Crippen molar-refractivity contribution in [2.45, 2.75) is 0 Å². The highest BCUT2D eigenvalue weighted by Gasteiger charge is 2.28. The van der Waals surface area contributed by atoms with E-state index in [9.17, 15) is 26.7 Å². The molecule has 3 nitrogen and oxygen atoms in total. The van der Waals surface area contributed by atoms with Gasteiger partial charge in [-0.25, -0.2) is 26.9 Å². The second-order valence-corrected chi connectivity index (χ2v) is 3.73. The summed E-state index contributed by atoms with van der Waals surface area (Å²) in [6.07, 6.45) is 0.101. The monoisotopic (exact) mass is 288 g/mol. The van der Waals surface area contributed by atoms with Crippen LogP contribution in [-0.2, 0) is 0 Å². The van der Waals surface area contributed by atoms with Gasteiger partial charge in [-0.05, 0) is 12.1 Å². The Morgan fingerprint density at radius 1 is 0.900 bits per heavy atom. The lowest BCUT2D eigenvalue weighted by Gasteiger charge is -2.10. The highest BCUT2D eigenvalue weighted by molar-refractivity contribution is 5.86. The molecular formula is C12H5F5N2O. The van der Waals surface area contributed by atoms with E-state index in [1.165, 1.54) is 0 Å². The van der Waals surface area contributed by atoms with Gasteiger partial charge in [-0.15, -0.1) is 0 Å². The van der Waals surface area contributed by atoms with Crippen LogP contribution in [0.3, 0.4) is 0 Å². The van der Waals surface area contributed by atoms with Crippen molar-refractivity contribution in [3.63, 3.8) is 0 Å². The minimum atomic E-state index is -2.28. The zero-order chi connectivity index (χ0) is 15.0. The first-order chi connectivity index (χ1) is 9.38. The lowest BCUT2D eigenvalue weighted by molar-refractivity contribution is 0.111. The van der Waals surface area contributed by atoms with Gasteiger partial charge in [0.25, 0.3) is 0 Å². The average molecular weight is 288 g/mol. The van der Waals surface area contributed by atoms with Crippen LogP contribution in [0, 0.1) is 29.1 Å². The van der Waals surface area contributed by atoms with Crippen molar-refractivity contribution < 1.29 is 26.7 Å². The summed E-state index contributed by atoms with van der Waals surface area (Å²) in [4.78, 5) is 14.3. The van der Waals surface area contributed by atoms with Crippen LogP contribution >= 0.6 is 0 Å². The molecule has 0 atom stereocenters. The van der Waals surface area contributed by atoms with Crippen LogP contribution in [0.2, 0.25) is 0 Å². The molecule has 0 aliphatic rings. The number of aldehydes is 1. The predicted octanol–water partition coefficient (Wildman–Crippen LogP) is 2.84. The number of nitrogens with two attached hydrogens (primary N) is 1. The van der Waals surface area contributed by atoms with Crippen molar-refractivity contribution in [1.82, 2.24) is 4.98 Å². The maximum atomic E-state index is 13.6. The van der Waals surface area contributed by atoms with E-state index in [0.717, 1.165) is 12.1 Å². The molecule has 104 valence electrons. The van der Waals surface area contributed by atoms with Crippen LogP contribution in [0.4, 0.5) is 27.8 Å². The van der Waals surface area contributed by atoms with Crippen molar-refractivity contribution in [2.24, 2.45) is 0 Å². The molecule has 0 aliphatic carbocycles. The quantitative estimate of drug-likeness (QED) is 0.400. The summed E-state index contributed by atoms with van der Waals surface area (Å²) in [7, 11) is 0. The van der Waals surface area contributed by atoms with Gasteiger partial charge < -0.3 is 5.73 Å². The van der Waals surface area contributed by atoms with Crippen LogP contribution in [-0.4, -0.2) is 11.3 Å². The summed E-state index contributed by atoms with van der Waals surface area (Å²) in [6, 6.07) is 2.02. The minimum absolute atomic E-state index is 0.101. The highest BCUT2D eigenvalue weighted by Crippen LogP contribution is 2.32. The minimum Gasteiger partial charge on any atom is -0.384 e. The summed E-state index contributed by atoms with van der Waals surface area (Å²) >= 11 is 0. The van der Waals surface area contributed by atoms with Gasteiger partial charge in [-0.2, -0.15) is 0 Å². The first kappa shape index (κ1) is 13.9. The molecule has 0 unspecified atom stereocenters. The third-order valence-corrected chi connectivity index (χ3v) is 2.54. The molecule has 0 saturated carbocycles. The fourth-order valence-corrected chi connectivity index (χ4v) is 1.63. The van der Waals surface area contributed by atoms with E-state index in [1.54, 1.807) is 0 Å². The second-order valence-electron chi connectivity index (χ2n) is 3.73. The number of carbonyl (C=O) groups excluding carboxylic acids is 1. The third kappa shape index (κ3) is 1.98. The van der Waals surface area contributed by atoms with E-state index in [4.69, 9.17) is 5.73 Å². The summed E-state index contributed by atoms with van der Waals surface area (Å²) in [5.74, 6) is -10.7. The van der Waals surface area contributed by atoms with Crippen molar-refractivity contribution in [2.75, 3.05) is 5.73 Å². The Balaban J connectivity index is 2.87. The predicted molar refractivity (Wildman–Crippen MR) is 59.3 cm³/mol. The maximum Gasteiger partial charge on any atom is 0.200 e. The number of carbonyl (C=O) groups is 1. The molecule has 2 N–H and O–H groups in total. The maximum absolute atomic E-state index is 13.6. The van der Waals surface area contributed by atoms with Gasteiger partial charge in [0, 0.05) is 5.56 Å². The Morgan fingerprint density at radius 3 is 1.90 bits per heavy atom. The van der Waals surface area contributed by atoms with Gasteiger partial charge in [0.05, 0.1) is 5.56 Å². The first-order valence-electron chi connectivity index (χ1n) is 5.12. The number of rotatable bonds is 2. The summed E-state index contributed by atoms with van der Waals surface area (Å²) in [5, 5.41) is 0. The van der Waals surface area contributed by atoms with Gasteiger partial charge in [0.1, 0.15) is 11.5 Å². The van der Waals surface area contributed by atoms with Crippen LogP contribution in [0.25, 0.3) is 11.1 Å². The molecule has 0 bridgehead atoms. The number of benzene rings is 1. The van der Waals surface area contributed by atoms with E-state index < -0.39 is 45.9 Å². The first-order valence-corrected chi connectivity index (χ1v) is 5.12. The standard InChI is InChI=1S/C12H5F5N2O/c13-8-7(9(14)11(16)12(17)10(8)15)4-1-2-6(18)19-5(4)3-20/h1-3H,(H2,18,19). The summed E-state index contributed by atoms with van der Waals surface area (Å²) in [6.45, 7) is 0. The average Bonchev–Trinajstić information content (AvgIpc) is 2.44. The molecule has 2 aromatic rings. The van der Waals surface area contributed by atoms with Crippen molar-refractivity contribution in [3.8, 4) is 11.1 Å². The fraction of sp³-hybridized carbons (Fsp3) is 0. The van der Waals surface area contributed by atoms with Gasteiger partial charge in [-0.3, -0.25) is 4.79 Å². The Hall–Kier alpha value is -2.51. The van der Waals surface area contributed by atoms with Crippen molar-refractivity contribution in [1.29, 1.82) is 0 Å². The molecule has 0 amide bonds. The molecule has 2 rings (SSSR count). The lowest BCUT2D eigenvalue weighted by Crippen LogP contribution is -2.06. The Morgan fingerprint density at radius 2 is 1.40 bits per heavy atom. The zero-order valence-corrected chi connectivity index (χ0v) is 9.55. The molecule has 1 aromatic heterocycles. The number of aromatic nitrogens is 1. The normalized spacial score (nSPS) is 10.7. The van der Waals surface area contributed by atoms with E-state index in [1.807, 2.05) is 0 Å². The number of hydrogen-bond donors (Lipinski definition) is 1. The lowest BCUT2D eigenvalue weighted by atomic mass is 10.0. The molecule has 0 fully saturated rings. The number of anilines is 1. The number of nitrogen functional groups attached to an aromatic ring is 1. The molecule has 1 aromatic carbocycles. The van der Waals surface area contributed by atoms with Crippen LogP contribution in [0.15, 0.2) is 12.1 Å². The van der Waals surface area contributed by atoms with E-state index in [0.29, 0.717) is 0 Å². The van der Waals surface area contributed by atoms with E-state index in [2.05, 4.69) is 4.98 Å². The van der Waals surface area contributed by atoms with E-state index in [-0.39, 0.29) is 12.1 Å². The smallest absolute Gasteiger partial charge is 0.200 e. The van der Waals surface area contributed by atoms with Gasteiger partial charge >= 0.3 is 0 Å². The fourth-order valence-electron chi connectivity index (χ4n) is 1.63. The van der Waals surface area contributed by atoms with Gasteiger partial charge in [-0.1, -0.05) is 0 Å². The van der Waals surface area contributed by atoms with Crippen LogP contribution < -0.4 is 5.73 Å². The van der Waals surface area contributed by atoms with Gasteiger partial charge in [0.2, 0.25) is 5.82 Å². The Kier molecular flexibility index (Phi) is 3.39. The summed E-state index contributed by atoms with van der Waals surface area (Å²) < 4.78 is 66.4. The number of halogens is 5. The van der Waals surface area contributed by atoms with Crippen LogP contribution in [0.5, 0.6) is 0 Å². The molecule has 8 heteroatoms. The van der Waals surface area contributed by atoms with Crippen molar-refractivity contribution >= 4 is 12.1 Å². The molecule has 0 aliphatic heterocycles. The topological polar surface area (TPSA) is 56.0 Å². The molecular weight excluding hydrogens is 283 g/mol. The Labute approximate surface area is 108 Å². The van der Waals surface area contributed by atoms with Crippen LogP contribution in [0.1, 0.15) is 10.5 Å². The molecule has 0 radical (unpaired) electrons. The number of hydrogen-bond acceptors (Lipinski definition) is 3. The highest BCUT2D eigenvalue weighted by atomic mass is 19.2. The largest absolute Gasteiger partial charge is 0.384 e. The van der Waals surface area contributed by atoms with Gasteiger partial charge in [0.15, 0.2) is 29.6 Å². The van der Waals surface area contributed by atoms with E-state index >= 15 is 0 Å². The molecule has 0 saturated heterocycles. The number of pyridine rings is 1. The molecule has 1 heterocycles. The third-order valence-electron chi connectivity index (χ3n) is 2.54. The Bertz CT molecular complexity index is 688. The number of nitrogens with zero attached hydrogens (tertiary/aromatic N) is 1. The van der Waals surface area contributed by atoms with Crippen molar-refractivity contribution in [3.05, 3.63) is 46.9 Å². The molecule has 20 heavy (non-hydrogen) atoms.